The van der Waals surface area contributed by atoms with Gasteiger partial charge in [-0.15, -0.1) is 0 Å². The van der Waals surface area contributed by atoms with Crippen LogP contribution in [-0.4, -0.2) is 22.8 Å². The summed E-state index contributed by atoms with van der Waals surface area (Å²) in [5.74, 6) is 0.824. The van der Waals surface area contributed by atoms with Crippen LogP contribution in [0.5, 0.6) is 5.75 Å². The van der Waals surface area contributed by atoms with Gasteiger partial charge in [-0.05, 0) is 37.5 Å². The Labute approximate surface area is 129 Å². The molecule has 0 spiro atoms. The van der Waals surface area contributed by atoms with Crippen molar-refractivity contribution >= 4 is 0 Å². The topological polar surface area (TPSA) is 67.0 Å². The van der Waals surface area contributed by atoms with Crippen LogP contribution in [0.15, 0.2) is 35.1 Å². The Balaban J connectivity index is 1.80. The van der Waals surface area contributed by atoms with Gasteiger partial charge < -0.3 is 10.1 Å². The molecule has 0 unspecified atom stereocenters. The van der Waals surface area contributed by atoms with E-state index in [0.717, 1.165) is 29.0 Å². The number of aromatic nitrogens is 2. The van der Waals surface area contributed by atoms with Gasteiger partial charge in [-0.3, -0.25) is 4.79 Å². The van der Waals surface area contributed by atoms with E-state index >= 15 is 0 Å². The second-order valence-electron chi connectivity index (χ2n) is 5.64. The molecule has 1 aromatic carbocycles. The first-order chi connectivity index (χ1) is 10.8. The van der Waals surface area contributed by atoms with Gasteiger partial charge in [-0.25, -0.2) is 5.10 Å². The lowest BCUT2D eigenvalue weighted by molar-refractivity contribution is 0.317. The SMILES string of the molecule is CCCOc1cccc(-c2cc(CNC3CC3)c(=O)[nH]n2)c1. The van der Waals surface area contributed by atoms with E-state index in [9.17, 15) is 4.79 Å². The van der Waals surface area contributed by atoms with Crippen molar-refractivity contribution < 1.29 is 4.74 Å². The summed E-state index contributed by atoms with van der Waals surface area (Å²) < 4.78 is 5.65. The molecule has 0 bridgehead atoms. The predicted molar refractivity (Wildman–Crippen MR) is 85.9 cm³/mol. The zero-order valence-corrected chi connectivity index (χ0v) is 12.8. The number of nitrogens with zero attached hydrogens (tertiary/aromatic N) is 1. The first-order valence-electron chi connectivity index (χ1n) is 7.81. The molecule has 0 aliphatic heterocycles. The molecule has 2 aromatic rings. The molecule has 22 heavy (non-hydrogen) atoms. The van der Waals surface area contributed by atoms with Crippen molar-refractivity contribution in [1.29, 1.82) is 0 Å². The lowest BCUT2D eigenvalue weighted by Gasteiger charge is -2.08. The maximum atomic E-state index is 11.9. The molecule has 1 saturated carbocycles. The summed E-state index contributed by atoms with van der Waals surface area (Å²) in [5, 5.41) is 10.1. The summed E-state index contributed by atoms with van der Waals surface area (Å²) in [6, 6.07) is 10.2. The molecule has 0 saturated heterocycles. The van der Waals surface area contributed by atoms with E-state index in [0.29, 0.717) is 19.2 Å². The smallest absolute Gasteiger partial charge is 0.268 e. The van der Waals surface area contributed by atoms with E-state index in [-0.39, 0.29) is 5.56 Å². The van der Waals surface area contributed by atoms with Crippen LogP contribution in [0.1, 0.15) is 31.7 Å². The molecular formula is C17H21N3O2. The van der Waals surface area contributed by atoms with Crippen molar-refractivity contribution in [2.45, 2.75) is 38.8 Å². The van der Waals surface area contributed by atoms with Crippen LogP contribution in [-0.2, 0) is 6.54 Å². The average Bonchev–Trinajstić information content (AvgIpc) is 3.37. The minimum absolute atomic E-state index is 0.129. The normalized spacial score (nSPS) is 14.0. The molecule has 1 aliphatic carbocycles. The minimum Gasteiger partial charge on any atom is -0.494 e. The van der Waals surface area contributed by atoms with Gasteiger partial charge in [-0.2, -0.15) is 5.10 Å². The van der Waals surface area contributed by atoms with Crippen molar-refractivity contribution in [3.63, 3.8) is 0 Å². The van der Waals surface area contributed by atoms with E-state index in [1.807, 2.05) is 30.3 Å². The fourth-order valence-corrected chi connectivity index (χ4v) is 2.23. The van der Waals surface area contributed by atoms with Gasteiger partial charge in [0.15, 0.2) is 0 Å². The van der Waals surface area contributed by atoms with Crippen LogP contribution in [0.4, 0.5) is 0 Å². The van der Waals surface area contributed by atoms with Gasteiger partial charge in [0, 0.05) is 23.7 Å². The fraction of sp³-hybridized carbons (Fsp3) is 0.412. The molecule has 5 nitrogen and oxygen atoms in total. The number of ether oxygens (including phenoxy) is 1. The van der Waals surface area contributed by atoms with Crippen LogP contribution in [0.2, 0.25) is 0 Å². The minimum atomic E-state index is -0.129. The number of rotatable bonds is 7. The second kappa shape index (κ2) is 6.75. The number of hydrogen-bond acceptors (Lipinski definition) is 4. The number of benzene rings is 1. The monoisotopic (exact) mass is 299 g/mol. The van der Waals surface area contributed by atoms with Crippen molar-refractivity contribution in [3.8, 4) is 17.0 Å². The zero-order valence-electron chi connectivity index (χ0n) is 12.8. The van der Waals surface area contributed by atoms with E-state index in [1.54, 1.807) is 0 Å². The number of hydrogen-bond donors (Lipinski definition) is 2. The highest BCUT2D eigenvalue weighted by Crippen LogP contribution is 2.23. The molecule has 3 rings (SSSR count). The second-order valence-corrected chi connectivity index (χ2v) is 5.64. The number of H-pyrrole nitrogens is 1. The molecule has 5 heteroatoms. The summed E-state index contributed by atoms with van der Waals surface area (Å²) in [6.45, 7) is 3.35. The molecule has 1 aromatic heterocycles. The van der Waals surface area contributed by atoms with Crippen LogP contribution < -0.4 is 15.6 Å². The Bertz CT molecular complexity index is 692. The summed E-state index contributed by atoms with van der Waals surface area (Å²) >= 11 is 0. The third-order valence-corrected chi connectivity index (χ3v) is 3.64. The molecular weight excluding hydrogens is 278 g/mol. The molecule has 0 amide bonds. The largest absolute Gasteiger partial charge is 0.494 e. The fourth-order valence-electron chi connectivity index (χ4n) is 2.23. The van der Waals surface area contributed by atoms with Crippen LogP contribution in [0, 0.1) is 0 Å². The van der Waals surface area contributed by atoms with Crippen molar-refractivity contribution in [3.05, 3.63) is 46.2 Å². The van der Waals surface area contributed by atoms with Crippen molar-refractivity contribution in [1.82, 2.24) is 15.5 Å². The highest BCUT2D eigenvalue weighted by atomic mass is 16.5. The molecule has 0 radical (unpaired) electrons. The van der Waals surface area contributed by atoms with E-state index < -0.39 is 0 Å². The molecule has 1 aliphatic rings. The van der Waals surface area contributed by atoms with Crippen molar-refractivity contribution in [2.75, 3.05) is 6.61 Å². The molecule has 0 atom stereocenters. The lowest BCUT2D eigenvalue weighted by Crippen LogP contribution is -2.23. The Morgan fingerprint density at radius 1 is 1.36 bits per heavy atom. The average molecular weight is 299 g/mol. The first-order valence-corrected chi connectivity index (χ1v) is 7.81. The van der Waals surface area contributed by atoms with Crippen LogP contribution in [0.25, 0.3) is 11.3 Å². The molecule has 116 valence electrons. The van der Waals surface area contributed by atoms with Gasteiger partial charge in [-0.1, -0.05) is 19.1 Å². The van der Waals surface area contributed by atoms with Gasteiger partial charge in [0.05, 0.1) is 12.3 Å². The lowest BCUT2D eigenvalue weighted by atomic mass is 10.1. The molecule has 1 heterocycles. The Morgan fingerprint density at radius 2 is 2.23 bits per heavy atom. The van der Waals surface area contributed by atoms with Gasteiger partial charge in [0.2, 0.25) is 0 Å². The number of nitrogens with one attached hydrogen (secondary N) is 2. The third-order valence-electron chi connectivity index (χ3n) is 3.64. The van der Waals surface area contributed by atoms with Crippen LogP contribution in [0.3, 0.4) is 0 Å². The highest BCUT2D eigenvalue weighted by molar-refractivity contribution is 5.61. The van der Waals surface area contributed by atoms with Gasteiger partial charge >= 0.3 is 0 Å². The standard InChI is InChI=1S/C17H21N3O2/c1-2-8-22-15-5-3-4-12(9-15)16-10-13(17(21)20-19-16)11-18-14-6-7-14/h3-5,9-10,14,18H,2,6-8,11H2,1H3,(H,20,21). The van der Waals surface area contributed by atoms with Crippen molar-refractivity contribution in [2.24, 2.45) is 0 Å². The van der Waals surface area contributed by atoms with E-state index in [4.69, 9.17) is 4.74 Å². The molecule has 2 N–H and O–H groups in total. The summed E-state index contributed by atoms with van der Waals surface area (Å²) in [5.41, 5.74) is 2.29. The predicted octanol–water partition coefficient (Wildman–Crippen LogP) is 2.48. The summed E-state index contributed by atoms with van der Waals surface area (Å²) in [7, 11) is 0. The van der Waals surface area contributed by atoms with Crippen LogP contribution >= 0.6 is 0 Å². The zero-order chi connectivity index (χ0) is 15.4. The third kappa shape index (κ3) is 3.74. The Morgan fingerprint density at radius 3 is 3.00 bits per heavy atom. The summed E-state index contributed by atoms with van der Waals surface area (Å²) in [4.78, 5) is 11.9. The quantitative estimate of drug-likeness (QED) is 0.824. The Hall–Kier alpha value is -2.14. The van der Waals surface area contributed by atoms with Gasteiger partial charge in [0.25, 0.3) is 5.56 Å². The summed E-state index contributed by atoms with van der Waals surface area (Å²) in [6.07, 6.45) is 3.37. The highest BCUT2D eigenvalue weighted by Gasteiger charge is 2.20. The first kappa shape index (κ1) is 14.8. The molecule has 1 fully saturated rings. The van der Waals surface area contributed by atoms with Gasteiger partial charge in [0.1, 0.15) is 5.75 Å². The maximum Gasteiger partial charge on any atom is 0.268 e. The Kier molecular flexibility index (Phi) is 4.53. The maximum absolute atomic E-state index is 11.9. The van der Waals surface area contributed by atoms with E-state index in [2.05, 4.69) is 22.4 Å². The van der Waals surface area contributed by atoms with E-state index in [1.165, 1.54) is 12.8 Å². The number of aromatic amines is 1.